The number of nitrogens with zero attached hydrogens (tertiary/aromatic N) is 1. The number of hydrogen-bond acceptors (Lipinski definition) is 5. The summed E-state index contributed by atoms with van der Waals surface area (Å²) in [6.45, 7) is -0.724. The number of esters is 1. The first-order chi connectivity index (χ1) is 14.7. The molecule has 1 aromatic heterocycles. The molecule has 29 heavy (non-hydrogen) atoms. The molecule has 0 spiro atoms. The molecule has 0 unspecified atom stereocenters. The average Bonchev–Trinajstić information content (AvgIpc) is 3.12. The van der Waals surface area contributed by atoms with Crippen LogP contribution in [0.5, 0.6) is 5.75 Å². The van der Waals surface area contributed by atoms with Crippen LogP contribution in [0.1, 0.15) is 31.3 Å². The second-order valence-electron chi connectivity index (χ2n) is 6.20. The number of ketones is 1. The van der Waals surface area contributed by atoms with Gasteiger partial charge in [-0.1, -0.05) is 43.3 Å². The van der Waals surface area contributed by atoms with E-state index in [9.17, 15) is 14.4 Å². The molecule has 150 valence electrons. The average molecular weight is 396 g/mol. The zero-order valence-corrected chi connectivity index (χ0v) is 16.1. The Balaban J connectivity index is 2.37. The maximum Gasteiger partial charge on any atom is 0.343 e. The number of ether oxygens (including phenoxy) is 2. The van der Waals surface area contributed by atoms with Crippen LogP contribution in [-0.2, 0) is 27.2 Å². The van der Waals surface area contributed by atoms with Crippen LogP contribution in [0.2, 0.25) is 0 Å². The number of aromatic nitrogens is 1. The Labute approximate surface area is 170 Å². The Morgan fingerprint density at radius 1 is 1.10 bits per heavy atom. The summed E-state index contributed by atoms with van der Waals surface area (Å²) >= 11 is 0. The van der Waals surface area contributed by atoms with Gasteiger partial charge in [0.05, 0.1) is 26.3 Å². The van der Waals surface area contributed by atoms with E-state index >= 15 is 0 Å². The fraction of sp³-hybridized carbons (Fsp3) is 0.227. The Morgan fingerprint density at radius 2 is 1.83 bits per heavy atom. The second kappa shape index (κ2) is 8.60. The highest BCUT2D eigenvalue weighted by atomic mass is 16.6. The topological polar surface area (TPSA) is 101 Å². The quantitative estimate of drug-likeness (QED) is 0.358. The molecule has 7 nitrogen and oxygen atoms in total. The predicted molar refractivity (Wildman–Crippen MR) is 108 cm³/mol. The van der Waals surface area contributed by atoms with Crippen molar-refractivity contribution in [2.24, 2.45) is 5.73 Å². The first-order valence-electron chi connectivity index (χ1n) is 10.00. The third kappa shape index (κ3) is 3.99. The highest BCUT2D eigenvalue weighted by molar-refractivity contribution is 6.45. The van der Waals surface area contributed by atoms with E-state index in [2.05, 4.69) is 4.74 Å². The van der Waals surface area contributed by atoms with Crippen LogP contribution in [0.15, 0.2) is 48.5 Å². The van der Waals surface area contributed by atoms with Gasteiger partial charge in [0.2, 0.25) is 0 Å². The van der Waals surface area contributed by atoms with E-state index in [1.165, 1.54) is 17.7 Å². The smallest absolute Gasteiger partial charge is 0.343 e. The normalized spacial score (nSPS) is 12.2. The van der Waals surface area contributed by atoms with E-state index in [-0.39, 0.29) is 23.1 Å². The van der Waals surface area contributed by atoms with Crippen molar-refractivity contribution >= 4 is 28.6 Å². The molecule has 0 aliphatic rings. The standard InChI is InChI=1S/C22H22N2O5/c1-3-15-20(21(26)22(23)27)19-16(24(15)12-14-8-5-4-6-9-14)10-7-11-17(19)29-13-18(25)28-2/h4-11H,3,12-13H2,1-2H3,(H2,23,27)/i12D2. The predicted octanol–water partition coefficient (Wildman–Crippen LogP) is 2.47. The minimum absolute atomic E-state index is 0.0368. The number of amides is 1. The fourth-order valence-electron chi connectivity index (χ4n) is 3.15. The highest BCUT2D eigenvalue weighted by Gasteiger charge is 2.27. The van der Waals surface area contributed by atoms with Gasteiger partial charge in [0.15, 0.2) is 6.61 Å². The van der Waals surface area contributed by atoms with Crippen molar-refractivity contribution in [3.05, 3.63) is 65.4 Å². The molecule has 1 heterocycles. The van der Waals surface area contributed by atoms with Gasteiger partial charge >= 0.3 is 5.97 Å². The SMILES string of the molecule is [2H]C([2H])(c1ccccc1)n1c(CC)c(C(=O)C(N)=O)c2c(OCC(=O)OC)cccc21. The summed E-state index contributed by atoms with van der Waals surface area (Å²) in [7, 11) is 1.22. The molecule has 3 aromatic rings. The lowest BCUT2D eigenvalue weighted by Gasteiger charge is -2.11. The molecule has 0 saturated heterocycles. The molecule has 2 N–H and O–H groups in total. The molecule has 0 saturated carbocycles. The second-order valence-corrected chi connectivity index (χ2v) is 6.20. The Hall–Kier alpha value is -3.61. The molecule has 7 heteroatoms. The lowest BCUT2D eigenvalue weighted by Crippen LogP contribution is -2.24. The summed E-state index contributed by atoms with van der Waals surface area (Å²) in [5, 5.41) is 0.215. The van der Waals surface area contributed by atoms with Crippen molar-refractivity contribution in [2.75, 3.05) is 13.7 Å². The van der Waals surface area contributed by atoms with Gasteiger partial charge in [-0.3, -0.25) is 9.59 Å². The van der Waals surface area contributed by atoms with Gasteiger partial charge in [0, 0.05) is 12.2 Å². The summed E-state index contributed by atoms with van der Waals surface area (Å²) in [6, 6.07) is 13.2. The van der Waals surface area contributed by atoms with Gasteiger partial charge < -0.3 is 19.8 Å². The number of primary amides is 1. The van der Waals surface area contributed by atoms with Crippen LogP contribution in [0.3, 0.4) is 0 Å². The summed E-state index contributed by atoms with van der Waals surface area (Å²) in [5.41, 5.74) is 6.25. The maximum absolute atomic E-state index is 12.8. The molecule has 0 bridgehead atoms. The molecular formula is C22H22N2O5. The number of carbonyl (C=O) groups is 3. The number of fused-ring (bicyclic) bond motifs is 1. The lowest BCUT2D eigenvalue weighted by molar-refractivity contribution is -0.142. The van der Waals surface area contributed by atoms with Crippen LogP contribution >= 0.6 is 0 Å². The minimum Gasteiger partial charge on any atom is -0.481 e. The van der Waals surface area contributed by atoms with E-state index < -0.39 is 30.8 Å². The molecule has 0 radical (unpaired) electrons. The zero-order chi connectivity index (χ0) is 22.8. The van der Waals surface area contributed by atoms with Crippen molar-refractivity contribution in [2.45, 2.75) is 19.8 Å². The summed E-state index contributed by atoms with van der Waals surface area (Å²) in [6.07, 6.45) is 0.242. The van der Waals surface area contributed by atoms with E-state index in [1.54, 1.807) is 49.4 Å². The van der Waals surface area contributed by atoms with E-state index in [1.807, 2.05) is 0 Å². The van der Waals surface area contributed by atoms with Crippen LogP contribution in [0.4, 0.5) is 0 Å². The van der Waals surface area contributed by atoms with E-state index in [4.69, 9.17) is 13.2 Å². The number of methoxy groups -OCH3 is 1. The van der Waals surface area contributed by atoms with Gasteiger partial charge in [-0.2, -0.15) is 0 Å². The van der Waals surface area contributed by atoms with Crippen LogP contribution in [0, 0.1) is 0 Å². The van der Waals surface area contributed by atoms with Gasteiger partial charge in [0.1, 0.15) is 5.75 Å². The Bertz CT molecular complexity index is 1160. The molecule has 0 aliphatic carbocycles. The molecule has 0 atom stereocenters. The minimum atomic E-state index is -2.05. The number of nitrogens with two attached hydrogens (primary N) is 1. The Kier molecular flexibility index (Phi) is 5.19. The van der Waals surface area contributed by atoms with Gasteiger partial charge in [-0.15, -0.1) is 0 Å². The summed E-state index contributed by atoms with van der Waals surface area (Å²) < 4.78 is 29.2. The van der Waals surface area contributed by atoms with Crippen molar-refractivity contribution in [3.63, 3.8) is 0 Å². The fourth-order valence-corrected chi connectivity index (χ4v) is 3.15. The number of Topliss-reactive ketones (excluding diaryl/α,β-unsaturated/α-hetero) is 1. The molecule has 0 fully saturated rings. The van der Waals surface area contributed by atoms with Crippen molar-refractivity contribution in [1.82, 2.24) is 4.57 Å². The zero-order valence-electron chi connectivity index (χ0n) is 18.1. The number of rotatable bonds is 8. The lowest BCUT2D eigenvalue weighted by atomic mass is 10.0. The number of benzene rings is 2. The third-order valence-corrected chi connectivity index (χ3v) is 4.43. The molecular weight excluding hydrogens is 372 g/mol. The first-order valence-corrected chi connectivity index (χ1v) is 9.00. The molecule has 3 rings (SSSR count). The maximum atomic E-state index is 12.8. The van der Waals surface area contributed by atoms with Crippen molar-refractivity contribution in [1.29, 1.82) is 0 Å². The third-order valence-electron chi connectivity index (χ3n) is 4.43. The van der Waals surface area contributed by atoms with E-state index in [0.717, 1.165) is 0 Å². The summed E-state index contributed by atoms with van der Waals surface area (Å²) in [5.74, 6) is -2.62. The van der Waals surface area contributed by atoms with Crippen LogP contribution in [0.25, 0.3) is 10.9 Å². The highest BCUT2D eigenvalue weighted by Crippen LogP contribution is 2.35. The Morgan fingerprint density at radius 3 is 2.45 bits per heavy atom. The van der Waals surface area contributed by atoms with Crippen molar-refractivity contribution in [3.8, 4) is 5.75 Å². The van der Waals surface area contributed by atoms with Gasteiger partial charge in [-0.25, -0.2) is 4.79 Å². The largest absolute Gasteiger partial charge is 0.481 e. The first kappa shape index (κ1) is 17.5. The summed E-state index contributed by atoms with van der Waals surface area (Å²) in [4.78, 5) is 36.2. The molecule has 2 aromatic carbocycles. The van der Waals surface area contributed by atoms with E-state index in [0.29, 0.717) is 16.8 Å². The number of hydrogen-bond donors (Lipinski definition) is 1. The van der Waals surface area contributed by atoms with Crippen LogP contribution < -0.4 is 10.5 Å². The monoisotopic (exact) mass is 396 g/mol. The molecule has 0 aliphatic heterocycles. The molecule has 1 amide bonds. The van der Waals surface area contributed by atoms with Crippen molar-refractivity contribution < 1.29 is 26.6 Å². The van der Waals surface area contributed by atoms with Gasteiger partial charge in [0.25, 0.3) is 11.7 Å². The van der Waals surface area contributed by atoms with Gasteiger partial charge in [-0.05, 0) is 24.1 Å². The number of carbonyl (C=O) groups excluding carboxylic acids is 3. The van der Waals surface area contributed by atoms with Crippen LogP contribution in [-0.4, -0.2) is 35.9 Å².